The summed E-state index contributed by atoms with van der Waals surface area (Å²) in [5, 5.41) is 18.1. The monoisotopic (exact) mass is 324 g/mol. The molecule has 0 fully saturated rings. The SMILES string of the molecule is FC(F)(F)COc1ccc(CNc2ccc3nnnn3n2)cc1. The zero-order valence-electron chi connectivity index (χ0n) is 11.7. The van der Waals surface area contributed by atoms with Crippen molar-refractivity contribution >= 4 is 11.5 Å². The summed E-state index contributed by atoms with van der Waals surface area (Å²) in [5.41, 5.74) is 1.39. The minimum absolute atomic E-state index is 0.166. The Morgan fingerprint density at radius 3 is 2.61 bits per heavy atom. The van der Waals surface area contributed by atoms with E-state index in [4.69, 9.17) is 0 Å². The maximum absolute atomic E-state index is 12.1. The van der Waals surface area contributed by atoms with Crippen molar-refractivity contribution in [3.05, 3.63) is 42.0 Å². The summed E-state index contributed by atoms with van der Waals surface area (Å²) in [6, 6.07) is 9.76. The van der Waals surface area contributed by atoms with E-state index in [0.717, 1.165) is 5.56 Å². The summed E-state index contributed by atoms with van der Waals surface area (Å²) < 4.78 is 42.1. The van der Waals surface area contributed by atoms with E-state index in [1.54, 1.807) is 24.3 Å². The van der Waals surface area contributed by atoms with Crippen LogP contribution in [0.25, 0.3) is 5.65 Å². The van der Waals surface area contributed by atoms with Gasteiger partial charge in [-0.2, -0.15) is 13.2 Å². The molecule has 10 heteroatoms. The standard InChI is InChI=1S/C13H11F3N6O/c14-13(15,16)8-23-10-3-1-9(2-4-10)7-17-11-5-6-12-18-20-21-22(12)19-11/h1-6H,7-8H2,(H,17,19). The molecule has 2 heterocycles. The predicted molar refractivity (Wildman–Crippen MR) is 73.9 cm³/mol. The summed E-state index contributed by atoms with van der Waals surface area (Å²) in [6.07, 6.45) is -4.35. The Morgan fingerprint density at radius 2 is 1.87 bits per heavy atom. The Hall–Kier alpha value is -2.91. The van der Waals surface area contributed by atoms with Crippen molar-refractivity contribution in [1.29, 1.82) is 0 Å². The largest absolute Gasteiger partial charge is 0.484 e. The van der Waals surface area contributed by atoms with Gasteiger partial charge >= 0.3 is 6.18 Å². The van der Waals surface area contributed by atoms with Gasteiger partial charge in [0.1, 0.15) is 11.6 Å². The molecule has 2 aromatic heterocycles. The third kappa shape index (κ3) is 4.05. The minimum atomic E-state index is -4.35. The van der Waals surface area contributed by atoms with Crippen molar-refractivity contribution in [2.24, 2.45) is 0 Å². The zero-order chi connectivity index (χ0) is 16.3. The van der Waals surface area contributed by atoms with Gasteiger partial charge < -0.3 is 10.1 Å². The fourth-order valence-electron chi connectivity index (χ4n) is 1.81. The molecule has 0 aliphatic rings. The lowest BCUT2D eigenvalue weighted by atomic mass is 10.2. The van der Waals surface area contributed by atoms with Gasteiger partial charge in [0, 0.05) is 6.54 Å². The number of aromatic nitrogens is 5. The van der Waals surface area contributed by atoms with Gasteiger partial charge in [0.25, 0.3) is 0 Å². The first kappa shape index (κ1) is 15.0. The van der Waals surface area contributed by atoms with Crippen LogP contribution in [0.2, 0.25) is 0 Å². The average molecular weight is 324 g/mol. The lowest BCUT2D eigenvalue weighted by Gasteiger charge is -2.10. The van der Waals surface area contributed by atoms with E-state index in [2.05, 4.69) is 30.7 Å². The number of hydrogen-bond donors (Lipinski definition) is 1. The second-order valence-electron chi connectivity index (χ2n) is 4.65. The molecule has 0 amide bonds. The summed E-state index contributed by atoms with van der Waals surface area (Å²) in [4.78, 5) is 0. The fraction of sp³-hybridized carbons (Fsp3) is 0.231. The van der Waals surface area contributed by atoms with E-state index in [-0.39, 0.29) is 5.75 Å². The summed E-state index contributed by atoms with van der Waals surface area (Å²) >= 11 is 0. The second-order valence-corrected chi connectivity index (χ2v) is 4.65. The quantitative estimate of drug-likeness (QED) is 0.774. The van der Waals surface area contributed by atoms with E-state index in [1.807, 2.05) is 0 Å². The molecule has 0 saturated heterocycles. The number of tetrazole rings is 1. The number of hydrogen-bond acceptors (Lipinski definition) is 6. The highest BCUT2D eigenvalue weighted by Crippen LogP contribution is 2.19. The number of nitrogens with zero attached hydrogens (tertiary/aromatic N) is 5. The topological polar surface area (TPSA) is 77.2 Å². The lowest BCUT2D eigenvalue weighted by Crippen LogP contribution is -2.19. The third-order valence-electron chi connectivity index (χ3n) is 2.87. The van der Waals surface area contributed by atoms with Crippen LogP contribution < -0.4 is 10.1 Å². The second kappa shape index (κ2) is 6.07. The molecule has 0 aliphatic carbocycles. The molecule has 23 heavy (non-hydrogen) atoms. The van der Waals surface area contributed by atoms with Gasteiger partial charge in [0.05, 0.1) is 0 Å². The molecule has 1 aromatic carbocycles. The van der Waals surface area contributed by atoms with Gasteiger partial charge in [0.15, 0.2) is 12.3 Å². The van der Waals surface area contributed by atoms with Crippen LogP contribution in [-0.2, 0) is 6.54 Å². The van der Waals surface area contributed by atoms with Crippen molar-refractivity contribution < 1.29 is 17.9 Å². The lowest BCUT2D eigenvalue weighted by molar-refractivity contribution is -0.153. The van der Waals surface area contributed by atoms with Crippen LogP contribution >= 0.6 is 0 Å². The zero-order valence-corrected chi connectivity index (χ0v) is 11.7. The fourth-order valence-corrected chi connectivity index (χ4v) is 1.81. The minimum Gasteiger partial charge on any atom is -0.484 e. The number of ether oxygens (including phenoxy) is 1. The van der Waals surface area contributed by atoms with Gasteiger partial charge in [-0.05, 0) is 40.3 Å². The molecule has 7 nitrogen and oxygen atoms in total. The normalized spacial score (nSPS) is 11.6. The number of nitrogens with one attached hydrogen (secondary N) is 1. The van der Waals surface area contributed by atoms with Crippen molar-refractivity contribution in [3.8, 4) is 5.75 Å². The molecule has 0 atom stereocenters. The van der Waals surface area contributed by atoms with Gasteiger partial charge in [-0.3, -0.25) is 0 Å². The molecule has 0 unspecified atom stereocenters. The molecule has 0 bridgehead atoms. The summed E-state index contributed by atoms with van der Waals surface area (Å²) in [7, 11) is 0. The van der Waals surface area contributed by atoms with E-state index in [9.17, 15) is 13.2 Å². The van der Waals surface area contributed by atoms with Crippen molar-refractivity contribution in [2.75, 3.05) is 11.9 Å². The van der Waals surface area contributed by atoms with Gasteiger partial charge in [-0.15, -0.1) is 14.8 Å². The molecule has 1 N–H and O–H groups in total. The molecule has 0 aliphatic heterocycles. The highest BCUT2D eigenvalue weighted by Gasteiger charge is 2.28. The van der Waals surface area contributed by atoms with Crippen molar-refractivity contribution in [3.63, 3.8) is 0 Å². The highest BCUT2D eigenvalue weighted by molar-refractivity contribution is 5.42. The molecule has 3 rings (SSSR count). The number of benzene rings is 1. The first-order valence-electron chi connectivity index (χ1n) is 6.57. The molecule has 0 saturated carbocycles. The number of alkyl halides is 3. The van der Waals surface area contributed by atoms with Gasteiger partial charge in [-0.25, -0.2) is 0 Å². The number of anilines is 1. The maximum Gasteiger partial charge on any atom is 0.422 e. The van der Waals surface area contributed by atoms with Gasteiger partial charge in [-0.1, -0.05) is 12.1 Å². The summed E-state index contributed by atoms with van der Waals surface area (Å²) in [6.45, 7) is -0.860. The first-order valence-corrected chi connectivity index (χ1v) is 6.57. The summed E-state index contributed by atoms with van der Waals surface area (Å²) in [5.74, 6) is 0.738. The van der Waals surface area contributed by atoms with Crippen molar-refractivity contribution in [2.45, 2.75) is 12.7 Å². The Morgan fingerprint density at radius 1 is 1.09 bits per heavy atom. The van der Waals surface area contributed by atoms with E-state index < -0.39 is 12.8 Å². The van der Waals surface area contributed by atoms with Crippen LogP contribution in [0, 0.1) is 0 Å². The van der Waals surface area contributed by atoms with Crippen LogP contribution in [0.1, 0.15) is 5.56 Å². The Bertz CT molecular complexity index is 786. The Balaban J connectivity index is 1.57. The molecular formula is C13H11F3N6O. The van der Waals surface area contributed by atoms with E-state index >= 15 is 0 Å². The Labute approximate surface area is 128 Å². The number of rotatable bonds is 5. The first-order chi connectivity index (χ1) is 11.0. The smallest absolute Gasteiger partial charge is 0.422 e. The van der Waals surface area contributed by atoms with Crippen LogP contribution in [0.4, 0.5) is 19.0 Å². The third-order valence-corrected chi connectivity index (χ3v) is 2.87. The van der Waals surface area contributed by atoms with Crippen molar-refractivity contribution in [1.82, 2.24) is 25.3 Å². The predicted octanol–water partition coefficient (Wildman–Crippen LogP) is 2.07. The molecule has 3 aromatic rings. The van der Waals surface area contributed by atoms with E-state index in [1.165, 1.54) is 16.8 Å². The average Bonchev–Trinajstić information content (AvgIpc) is 2.99. The Kier molecular flexibility index (Phi) is 3.96. The maximum atomic E-state index is 12.1. The number of fused-ring (bicyclic) bond motifs is 1. The van der Waals surface area contributed by atoms with Gasteiger partial charge in [0.2, 0.25) is 0 Å². The van der Waals surface area contributed by atoms with Crippen LogP contribution in [-0.4, -0.2) is 38.0 Å². The number of halogens is 3. The molecule has 0 radical (unpaired) electrons. The van der Waals surface area contributed by atoms with Crippen LogP contribution in [0.3, 0.4) is 0 Å². The molecular weight excluding hydrogens is 313 g/mol. The van der Waals surface area contributed by atoms with Crippen LogP contribution in [0.15, 0.2) is 36.4 Å². The molecule has 120 valence electrons. The highest BCUT2D eigenvalue weighted by atomic mass is 19.4. The van der Waals surface area contributed by atoms with E-state index in [0.29, 0.717) is 18.0 Å². The van der Waals surface area contributed by atoms with Crippen LogP contribution in [0.5, 0.6) is 5.75 Å². The molecule has 0 spiro atoms.